The van der Waals surface area contributed by atoms with Gasteiger partial charge in [-0.3, -0.25) is 9.59 Å². The molecule has 1 unspecified atom stereocenters. The molecule has 110 valence electrons. The first-order valence-corrected chi connectivity index (χ1v) is 7.25. The third-order valence-electron chi connectivity index (χ3n) is 3.11. The molecular weight excluding hydrogens is 290 g/mol. The van der Waals surface area contributed by atoms with Crippen LogP contribution in [-0.4, -0.2) is 26.6 Å². The van der Waals surface area contributed by atoms with Gasteiger partial charge in [0.05, 0.1) is 11.6 Å². The van der Waals surface area contributed by atoms with Gasteiger partial charge in [-0.25, -0.2) is 0 Å². The van der Waals surface area contributed by atoms with E-state index in [1.54, 1.807) is 31.2 Å². The molecular formula is C14H15N3O3S. The standard InChI is InChI=1S/C14H15N3O3S/c1-3-11-12(21-17-16-11)13(18)15-10-6-4-5-9(7-10)8(2)14(19)20/h4-8H,3H2,1-2H3,(H,15,18)(H,19,20). The number of carbonyl (C=O) groups excluding carboxylic acids is 1. The number of benzene rings is 1. The quantitative estimate of drug-likeness (QED) is 0.885. The first kappa shape index (κ1) is 15.1. The van der Waals surface area contributed by atoms with Crippen LogP contribution in [0.2, 0.25) is 0 Å². The molecule has 21 heavy (non-hydrogen) atoms. The Bertz CT molecular complexity index is 669. The van der Waals surface area contributed by atoms with Crippen molar-refractivity contribution in [3.63, 3.8) is 0 Å². The maximum Gasteiger partial charge on any atom is 0.310 e. The summed E-state index contributed by atoms with van der Waals surface area (Å²) < 4.78 is 3.78. The number of aryl methyl sites for hydroxylation is 1. The molecule has 2 rings (SSSR count). The molecule has 0 fully saturated rings. The van der Waals surface area contributed by atoms with Crippen molar-refractivity contribution in [2.24, 2.45) is 0 Å². The van der Waals surface area contributed by atoms with E-state index in [1.165, 1.54) is 0 Å². The van der Waals surface area contributed by atoms with Crippen LogP contribution in [0.3, 0.4) is 0 Å². The number of carboxylic acids is 1. The van der Waals surface area contributed by atoms with E-state index in [9.17, 15) is 9.59 Å². The first-order chi connectivity index (χ1) is 10.0. The number of anilines is 1. The molecule has 1 aromatic heterocycles. The lowest BCUT2D eigenvalue weighted by molar-refractivity contribution is -0.138. The summed E-state index contributed by atoms with van der Waals surface area (Å²) in [7, 11) is 0. The third-order valence-corrected chi connectivity index (χ3v) is 3.88. The van der Waals surface area contributed by atoms with Crippen molar-refractivity contribution in [3.8, 4) is 0 Å². The zero-order valence-corrected chi connectivity index (χ0v) is 12.5. The van der Waals surface area contributed by atoms with Crippen molar-refractivity contribution >= 4 is 29.1 Å². The second-order valence-corrected chi connectivity index (χ2v) is 5.30. The van der Waals surface area contributed by atoms with Crippen molar-refractivity contribution in [1.29, 1.82) is 0 Å². The summed E-state index contributed by atoms with van der Waals surface area (Å²) >= 11 is 1.05. The predicted molar refractivity (Wildman–Crippen MR) is 79.7 cm³/mol. The fourth-order valence-corrected chi connectivity index (χ4v) is 2.47. The maximum absolute atomic E-state index is 12.2. The summed E-state index contributed by atoms with van der Waals surface area (Å²) in [6.45, 7) is 3.51. The molecule has 2 aromatic rings. The Morgan fingerprint density at radius 2 is 2.19 bits per heavy atom. The van der Waals surface area contributed by atoms with Gasteiger partial charge in [0.15, 0.2) is 0 Å². The third kappa shape index (κ3) is 3.43. The number of carboxylic acid groups (broad SMARTS) is 1. The van der Waals surface area contributed by atoms with Gasteiger partial charge in [0.25, 0.3) is 5.91 Å². The zero-order chi connectivity index (χ0) is 15.4. The summed E-state index contributed by atoms with van der Waals surface area (Å²) in [6, 6.07) is 6.82. The molecule has 0 bridgehead atoms. The van der Waals surface area contributed by atoms with Gasteiger partial charge >= 0.3 is 5.97 Å². The highest BCUT2D eigenvalue weighted by atomic mass is 32.1. The molecule has 0 aliphatic heterocycles. The smallest absolute Gasteiger partial charge is 0.310 e. The lowest BCUT2D eigenvalue weighted by atomic mass is 10.0. The molecule has 0 aliphatic carbocycles. The normalized spacial score (nSPS) is 11.9. The van der Waals surface area contributed by atoms with Gasteiger partial charge in [0, 0.05) is 5.69 Å². The van der Waals surface area contributed by atoms with Crippen LogP contribution in [0, 0.1) is 0 Å². The molecule has 0 aliphatic rings. The molecule has 1 amide bonds. The summed E-state index contributed by atoms with van der Waals surface area (Å²) in [6.07, 6.45) is 0.634. The van der Waals surface area contributed by atoms with Crippen LogP contribution in [0.5, 0.6) is 0 Å². The monoisotopic (exact) mass is 305 g/mol. The Morgan fingerprint density at radius 1 is 1.43 bits per heavy atom. The van der Waals surface area contributed by atoms with Gasteiger partial charge in [0.2, 0.25) is 0 Å². The highest BCUT2D eigenvalue weighted by molar-refractivity contribution is 7.08. The van der Waals surface area contributed by atoms with Gasteiger partial charge in [-0.05, 0) is 42.6 Å². The van der Waals surface area contributed by atoms with Crippen LogP contribution in [-0.2, 0) is 11.2 Å². The highest BCUT2D eigenvalue weighted by Gasteiger charge is 2.17. The Balaban J connectivity index is 2.18. The fourth-order valence-electron chi connectivity index (χ4n) is 1.83. The molecule has 0 radical (unpaired) electrons. The molecule has 1 heterocycles. The summed E-state index contributed by atoms with van der Waals surface area (Å²) in [5.41, 5.74) is 1.85. The van der Waals surface area contributed by atoms with Crippen molar-refractivity contribution in [1.82, 2.24) is 9.59 Å². The van der Waals surface area contributed by atoms with E-state index in [0.29, 0.717) is 28.2 Å². The molecule has 0 spiro atoms. The minimum Gasteiger partial charge on any atom is -0.481 e. The van der Waals surface area contributed by atoms with Gasteiger partial charge < -0.3 is 10.4 Å². The second-order valence-electron chi connectivity index (χ2n) is 4.54. The van der Waals surface area contributed by atoms with Gasteiger partial charge in [-0.1, -0.05) is 23.5 Å². The largest absolute Gasteiger partial charge is 0.481 e. The number of nitrogens with zero attached hydrogens (tertiary/aromatic N) is 2. The topological polar surface area (TPSA) is 92.2 Å². The minimum absolute atomic E-state index is 0.276. The number of carbonyl (C=O) groups is 2. The second kappa shape index (κ2) is 6.45. The lowest BCUT2D eigenvalue weighted by Crippen LogP contribution is -2.13. The summed E-state index contributed by atoms with van der Waals surface area (Å²) in [5.74, 6) is -1.81. The van der Waals surface area contributed by atoms with Crippen LogP contribution in [0.1, 0.15) is 40.7 Å². The molecule has 0 saturated heterocycles. The van der Waals surface area contributed by atoms with Gasteiger partial charge in [0.1, 0.15) is 4.88 Å². The van der Waals surface area contributed by atoms with Crippen LogP contribution in [0.15, 0.2) is 24.3 Å². The summed E-state index contributed by atoms with van der Waals surface area (Å²) in [4.78, 5) is 23.7. The zero-order valence-electron chi connectivity index (χ0n) is 11.7. The molecule has 1 aromatic carbocycles. The van der Waals surface area contributed by atoms with Gasteiger partial charge in [-0.2, -0.15) is 0 Å². The number of aliphatic carboxylic acids is 1. The SMILES string of the molecule is CCc1nnsc1C(=O)Nc1cccc(C(C)C(=O)O)c1. The number of hydrogen-bond acceptors (Lipinski definition) is 5. The Kier molecular flexibility index (Phi) is 4.64. The average Bonchev–Trinajstić information content (AvgIpc) is 2.95. The van der Waals surface area contributed by atoms with Crippen LogP contribution in [0.25, 0.3) is 0 Å². The maximum atomic E-state index is 12.2. The number of hydrogen-bond donors (Lipinski definition) is 2. The average molecular weight is 305 g/mol. The van der Waals surface area contributed by atoms with Crippen LogP contribution >= 0.6 is 11.5 Å². The van der Waals surface area contributed by atoms with E-state index in [4.69, 9.17) is 5.11 Å². The van der Waals surface area contributed by atoms with Gasteiger partial charge in [-0.15, -0.1) is 5.10 Å². The van der Waals surface area contributed by atoms with Crippen molar-refractivity contribution in [2.75, 3.05) is 5.32 Å². The van der Waals surface area contributed by atoms with E-state index in [0.717, 1.165) is 11.5 Å². The van der Waals surface area contributed by atoms with Crippen molar-refractivity contribution in [2.45, 2.75) is 26.2 Å². The van der Waals surface area contributed by atoms with Crippen LogP contribution < -0.4 is 5.32 Å². The van der Waals surface area contributed by atoms with E-state index in [2.05, 4.69) is 14.9 Å². The van der Waals surface area contributed by atoms with E-state index in [1.807, 2.05) is 6.92 Å². The number of nitrogens with one attached hydrogen (secondary N) is 1. The molecule has 6 nitrogen and oxygen atoms in total. The molecule has 2 N–H and O–H groups in total. The van der Waals surface area contributed by atoms with Crippen molar-refractivity contribution in [3.05, 3.63) is 40.4 Å². The molecule has 7 heteroatoms. The Hall–Kier alpha value is -2.28. The highest BCUT2D eigenvalue weighted by Crippen LogP contribution is 2.21. The Labute approximate surface area is 126 Å². The lowest BCUT2D eigenvalue weighted by Gasteiger charge is -2.09. The van der Waals surface area contributed by atoms with E-state index >= 15 is 0 Å². The predicted octanol–water partition coefficient (Wildman–Crippen LogP) is 2.54. The number of rotatable bonds is 5. The minimum atomic E-state index is -0.904. The number of amides is 1. The van der Waals surface area contributed by atoms with Crippen molar-refractivity contribution < 1.29 is 14.7 Å². The molecule has 0 saturated carbocycles. The molecule has 1 atom stereocenters. The van der Waals surface area contributed by atoms with Crippen LogP contribution in [0.4, 0.5) is 5.69 Å². The van der Waals surface area contributed by atoms with E-state index in [-0.39, 0.29) is 5.91 Å². The fraction of sp³-hybridized carbons (Fsp3) is 0.286. The summed E-state index contributed by atoms with van der Waals surface area (Å²) in [5, 5.41) is 15.7. The number of aromatic nitrogens is 2. The van der Waals surface area contributed by atoms with E-state index < -0.39 is 11.9 Å². The Morgan fingerprint density at radius 3 is 2.86 bits per heavy atom. The first-order valence-electron chi connectivity index (χ1n) is 6.48.